The SMILES string of the molecule is COC(=O)CCC(=O)N(C)c1ccc(Br)cc1Cl. The Morgan fingerprint density at radius 3 is 2.61 bits per heavy atom. The number of hydrogen-bond acceptors (Lipinski definition) is 3. The Morgan fingerprint density at radius 2 is 2.06 bits per heavy atom. The topological polar surface area (TPSA) is 46.6 Å². The van der Waals surface area contributed by atoms with Crippen LogP contribution in [0, 0.1) is 0 Å². The second-order valence-electron chi connectivity index (χ2n) is 3.62. The number of rotatable bonds is 4. The van der Waals surface area contributed by atoms with Gasteiger partial charge in [-0.25, -0.2) is 0 Å². The largest absolute Gasteiger partial charge is 0.469 e. The van der Waals surface area contributed by atoms with Crippen LogP contribution in [0.3, 0.4) is 0 Å². The molecule has 0 aliphatic carbocycles. The number of esters is 1. The highest BCUT2D eigenvalue weighted by atomic mass is 79.9. The molecule has 0 fully saturated rings. The van der Waals surface area contributed by atoms with Crippen LogP contribution in [0.25, 0.3) is 0 Å². The van der Waals surface area contributed by atoms with Gasteiger partial charge in [0.1, 0.15) is 0 Å². The molecule has 0 unspecified atom stereocenters. The summed E-state index contributed by atoms with van der Waals surface area (Å²) in [5.74, 6) is -0.594. The molecule has 4 nitrogen and oxygen atoms in total. The molecule has 0 radical (unpaired) electrons. The van der Waals surface area contributed by atoms with E-state index < -0.39 is 5.97 Å². The number of carbonyl (C=O) groups excluding carboxylic acids is 2. The van der Waals surface area contributed by atoms with E-state index in [1.807, 2.05) is 0 Å². The minimum absolute atomic E-state index is 0.0633. The maximum absolute atomic E-state index is 11.8. The summed E-state index contributed by atoms with van der Waals surface area (Å²) in [6.45, 7) is 0. The highest BCUT2D eigenvalue weighted by Gasteiger charge is 2.15. The molecule has 0 aromatic heterocycles. The quantitative estimate of drug-likeness (QED) is 0.795. The van der Waals surface area contributed by atoms with Gasteiger partial charge in [0.2, 0.25) is 5.91 Å². The molecule has 1 amide bonds. The van der Waals surface area contributed by atoms with E-state index in [4.69, 9.17) is 11.6 Å². The van der Waals surface area contributed by atoms with Crippen molar-refractivity contribution in [3.63, 3.8) is 0 Å². The van der Waals surface area contributed by atoms with Crippen LogP contribution in [0.2, 0.25) is 5.02 Å². The van der Waals surface area contributed by atoms with Gasteiger partial charge in [-0.2, -0.15) is 0 Å². The second-order valence-corrected chi connectivity index (χ2v) is 4.95. The lowest BCUT2D eigenvalue weighted by Crippen LogP contribution is -2.26. The van der Waals surface area contributed by atoms with Crippen LogP contribution in [0.5, 0.6) is 0 Å². The van der Waals surface area contributed by atoms with Gasteiger partial charge < -0.3 is 9.64 Å². The summed E-state index contributed by atoms with van der Waals surface area (Å²) in [6, 6.07) is 5.24. The third kappa shape index (κ3) is 3.99. The predicted octanol–water partition coefficient (Wildman–Crippen LogP) is 3.02. The second kappa shape index (κ2) is 6.75. The molecule has 0 spiro atoms. The zero-order valence-electron chi connectivity index (χ0n) is 10.1. The van der Waals surface area contributed by atoms with Crippen molar-refractivity contribution in [1.29, 1.82) is 0 Å². The number of methoxy groups -OCH3 is 1. The maximum Gasteiger partial charge on any atom is 0.306 e. The molecular formula is C12H13BrClNO3. The third-order valence-corrected chi connectivity index (χ3v) is 3.21. The van der Waals surface area contributed by atoms with Crippen molar-refractivity contribution in [3.05, 3.63) is 27.7 Å². The van der Waals surface area contributed by atoms with Gasteiger partial charge in [-0.3, -0.25) is 9.59 Å². The molecule has 0 saturated heterocycles. The molecule has 6 heteroatoms. The van der Waals surface area contributed by atoms with E-state index in [0.29, 0.717) is 10.7 Å². The normalized spacial score (nSPS) is 10.0. The fraction of sp³-hybridized carbons (Fsp3) is 0.333. The van der Waals surface area contributed by atoms with Crippen LogP contribution in [-0.4, -0.2) is 26.0 Å². The van der Waals surface area contributed by atoms with Crippen LogP contribution in [0.4, 0.5) is 5.69 Å². The van der Waals surface area contributed by atoms with E-state index in [1.165, 1.54) is 12.0 Å². The molecule has 98 valence electrons. The summed E-state index contributed by atoms with van der Waals surface area (Å²) in [7, 11) is 2.91. The number of hydrogen-bond donors (Lipinski definition) is 0. The molecule has 0 N–H and O–H groups in total. The number of amides is 1. The Morgan fingerprint density at radius 1 is 1.39 bits per heavy atom. The van der Waals surface area contributed by atoms with Crippen LogP contribution in [-0.2, 0) is 14.3 Å². The Kier molecular flexibility index (Phi) is 5.62. The number of anilines is 1. The van der Waals surface area contributed by atoms with Crippen molar-refractivity contribution in [2.45, 2.75) is 12.8 Å². The van der Waals surface area contributed by atoms with Crippen molar-refractivity contribution in [2.24, 2.45) is 0 Å². The average Bonchev–Trinajstić information content (AvgIpc) is 2.34. The number of nitrogens with zero attached hydrogens (tertiary/aromatic N) is 1. The first kappa shape index (κ1) is 15.0. The highest BCUT2D eigenvalue weighted by molar-refractivity contribution is 9.10. The minimum atomic E-state index is -0.404. The van der Waals surface area contributed by atoms with Gasteiger partial charge in [-0.1, -0.05) is 27.5 Å². The molecule has 0 aliphatic rings. The zero-order valence-corrected chi connectivity index (χ0v) is 12.4. The van der Waals surface area contributed by atoms with Gasteiger partial charge in [-0.15, -0.1) is 0 Å². The fourth-order valence-electron chi connectivity index (χ4n) is 1.37. The van der Waals surface area contributed by atoms with Gasteiger partial charge in [0.25, 0.3) is 0 Å². The predicted molar refractivity (Wildman–Crippen MR) is 73.8 cm³/mol. The Labute approximate surface area is 119 Å². The van der Waals surface area contributed by atoms with E-state index in [2.05, 4.69) is 20.7 Å². The van der Waals surface area contributed by atoms with E-state index in [-0.39, 0.29) is 18.7 Å². The number of carbonyl (C=O) groups is 2. The van der Waals surface area contributed by atoms with Gasteiger partial charge in [0, 0.05) is 17.9 Å². The molecule has 1 aromatic rings. The van der Waals surface area contributed by atoms with Gasteiger partial charge in [0.05, 0.1) is 24.2 Å². The lowest BCUT2D eigenvalue weighted by molar-refractivity contribution is -0.141. The van der Waals surface area contributed by atoms with E-state index in [9.17, 15) is 9.59 Å². The van der Waals surface area contributed by atoms with Crippen molar-refractivity contribution in [2.75, 3.05) is 19.1 Å². The number of ether oxygens (including phenoxy) is 1. The zero-order chi connectivity index (χ0) is 13.7. The Hall–Kier alpha value is -1.07. The standard InChI is InChI=1S/C12H13BrClNO3/c1-15(11(16)5-6-12(17)18-2)10-4-3-8(13)7-9(10)14/h3-4,7H,5-6H2,1-2H3. The summed E-state index contributed by atoms with van der Waals surface area (Å²) >= 11 is 9.34. The van der Waals surface area contributed by atoms with E-state index in [1.54, 1.807) is 25.2 Å². The first-order valence-corrected chi connectivity index (χ1v) is 6.41. The lowest BCUT2D eigenvalue weighted by atomic mass is 10.2. The van der Waals surface area contributed by atoms with Crippen molar-refractivity contribution < 1.29 is 14.3 Å². The lowest BCUT2D eigenvalue weighted by Gasteiger charge is -2.18. The molecule has 0 atom stereocenters. The summed E-state index contributed by atoms with van der Waals surface area (Å²) < 4.78 is 5.32. The van der Waals surface area contributed by atoms with Crippen LogP contribution in [0.15, 0.2) is 22.7 Å². The highest BCUT2D eigenvalue weighted by Crippen LogP contribution is 2.28. The van der Waals surface area contributed by atoms with Gasteiger partial charge in [-0.05, 0) is 18.2 Å². The maximum atomic E-state index is 11.8. The average molecular weight is 335 g/mol. The fourth-order valence-corrected chi connectivity index (χ4v) is 2.17. The van der Waals surface area contributed by atoms with Crippen molar-refractivity contribution in [3.8, 4) is 0 Å². The molecule has 0 saturated carbocycles. The molecule has 0 aliphatic heterocycles. The minimum Gasteiger partial charge on any atom is -0.469 e. The number of halogens is 2. The van der Waals surface area contributed by atoms with E-state index in [0.717, 1.165) is 4.47 Å². The molecule has 0 bridgehead atoms. The van der Waals surface area contributed by atoms with Crippen molar-refractivity contribution >= 4 is 45.1 Å². The Balaban J connectivity index is 2.71. The smallest absolute Gasteiger partial charge is 0.306 e. The molecule has 1 aromatic carbocycles. The molecular weight excluding hydrogens is 321 g/mol. The van der Waals surface area contributed by atoms with Crippen LogP contribution in [0.1, 0.15) is 12.8 Å². The Bertz CT molecular complexity index is 465. The summed E-state index contributed by atoms with van der Waals surface area (Å²) in [5, 5.41) is 0.471. The summed E-state index contributed by atoms with van der Waals surface area (Å²) in [6.07, 6.45) is 0.156. The molecule has 18 heavy (non-hydrogen) atoms. The third-order valence-electron chi connectivity index (χ3n) is 2.42. The summed E-state index contributed by atoms with van der Waals surface area (Å²) in [4.78, 5) is 24.2. The monoisotopic (exact) mass is 333 g/mol. The first-order chi connectivity index (χ1) is 8.45. The van der Waals surface area contributed by atoms with Crippen molar-refractivity contribution in [1.82, 2.24) is 0 Å². The van der Waals surface area contributed by atoms with Crippen LogP contribution >= 0.6 is 27.5 Å². The number of benzene rings is 1. The van der Waals surface area contributed by atoms with Crippen LogP contribution < -0.4 is 4.90 Å². The molecule has 1 rings (SSSR count). The molecule has 0 heterocycles. The summed E-state index contributed by atoms with van der Waals surface area (Å²) in [5.41, 5.74) is 0.606. The van der Waals surface area contributed by atoms with Gasteiger partial charge in [0.15, 0.2) is 0 Å². The first-order valence-electron chi connectivity index (χ1n) is 5.24. The van der Waals surface area contributed by atoms with Gasteiger partial charge >= 0.3 is 5.97 Å². The van der Waals surface area contributed by atoms with E-state index >= 15 is 0 Å².